The molecule has 2 aliphatic rings. The molecule has 3 heterocycles. The summed E-state index contributed by atoms with van der Waals surface area (Å²) in [5.41, 5.74) is 16.2. The zero-order valence-corrected chi connectivity index (χ0v) is 30.8. The lowest BCUT2D eigenvalue weighted by molar-refractivity contribution is 0.477. The van der Waals surface area contributed by atoms with Gasteiger partial charge >= 0.3 is 0 Å². The van der Waals surface area contributed by atoms with Crippen LogP contribution in [0.25, 0.3) is 33.6 Å². The molecule has 8 aromatic rings. The highest BCUT2D eigenvalue weighted by Gasteiger charge is 2.27. The van der Waals surface area contributed by atoms with Crippen molar-refractivity contribution >= 4 is 34.1 Å². The Hall–Kier alpha value is -7.11. The highest BCUT2D eigenvalue weighted by atomic mass is 16.5. The molecule has 0 radical (unpaired) electrons. The molecule has 0 N–H and O–H groups in total. The summed E-state index contributed by atoms with van der Waals surface area (Å²) in [6.45, 7) is 6.57. The third-order valence-corrected chi connectivity index (χ3v) is 10.5. The van der Waals surface area contributed by atoms with E-state index in [1.54, 1.807) is 0 Å². The van der Waals surface area contributed by atoms with Crippen molar-refractivity contribution in [3.05, 3.63) is 187 Å². The number of hydrogen-bond acceptors (Lipinski definition) is 5. The minimum absolute atomic E-state index is 0.834. The first kappa shape index (κ1) is 32.5. The number of benzene rings is 7. The van der Waals surface area contributed by atoms with Crippen LogP contribution in [0.2, 0.25) is 0 Å². The third-order valence-electron chi connectivity index (χ3n) is 10.5. The van der Waals surface area contributed by atoms with Crippen LogP contribution in [0.3, 0.4) is 0 Å². The third kappa shape index (κ3) is 5.69. The van der Waals surface area contributed by atoms with Gasteiger partial charge in [0.05, 0.1) is 34.1 Å². The molecular formula is C50H37N3O2. The first-order chi connectivity index (χ1) is 27.0. The van der Waals surface area contributed by atoms with Gasteiger partial charge in [0, 0.05) is 22.5 Å². The number of rotatable bonds is 5. The molecule has 0 amide bonds. The molecule has 7 aromatic carbocycles. The van der Waals surface area contributed by atoms with E-state index < -0.39 is 0 Å². The van der Waals surface area contributed by atoms with Crippen molar-refractivity contribution in [2.24, 2.45) is 0 Å². The Balaban J connectivity index is 1.07. The average Bonchev–Trinajstić information content (AvgIpc) is 3.21. The topological polar surface area (TPSA) is 37.8 Å². The molecule has 0 aliphatic carbocycles. The molecule has 5 nitrogen and oxygen atoms in total. The lowest BCUT2D eigenvalue weighted by atomic mass is 9.92. The molecule has 264 valence electrons. The van der Waals surface area contributed by atoms with E-state index in [9.17, 15) is 0 Å². The van der Waals surface area contributed by atoms with E-state index in [1.165, 1.54) is 22.3 Å². The fourth-order valence-corrected chi connectivity index (χ4v) is 8.13. The predicted octanol–water partition coefficient (Wildman–Crippen LogP) is 14.2. The monoisotopic (exact) mass is 711 g/mol. The molecule has 0 fully saturated rings. The number of hydrogen-bond donors (Lipinski definition) is 0. The standard InChI is InChI=1S/C50H37N3O2/c1-32-28-33(2)50(34(3)29-32)37-30-40(35-20-24-38(25-21-35)52-42-12-4-8-16-46(42)54-47-17-9-5-13-43(47)52)51-41(31-37)36-22-26-39(27-23-36)53-44-14-6-10-18-48(44)55-49-19-11-7-15-45(49)53/h4-31H,1-3H3. The number of aryl methyl sites for hydroxylation is 3. The van der Waals surface area contributed by atoms with Crippen LogP contribution in [-0.4, -0.2) is 4.98 Å². The molecule has 10 rings (SSSR count). The maximum atomic E-state index is 6.27. The Morgan fingerprint density at radius 1 is 0.382 bits per heavy atom. The van der Waals surface area contributed by atoms with Gasteiger partial charge in [-0.25, -0.2) is 4.98 Å². The molecular weight excluding hydrogens is 675 g/mol. The molecule has 1 aromatic heterocycles. The van der Waals surface area contributed by atoms with Crippen LogP contribution in [0.5, 0.6) is 23.0 Å². The fraction of sp³-hybridized carbons (Fsp3) is 0.0600. The summed E-state index contributed by atoms with van der Waals surface area (Å²) >= 11 is 0. The molecule has 2 aliphatic heterocycles. The zero-order chi connectivity index (χ0) is 37.0. The highest BCUT2D eigenvalue weighted by molar-refractivity contribution is 5.89. The lowest BCUT2D eigenvalue weighted by Crippen LogP contribution is -2.15. The summed E-state index contributed by atoms with van der Waals surface area (Å²) in [4.78, 5) is 9.86. The first-order valence-electron chi connectivity index (χ1n) is 18.6. The normalized spacial score (nSPS) is 12.5. The van der Waals surface area contributed by atoms with Gasteiger partial charge in [0.15, 0.2) is 23.0 Å². The van der Waals surface area contributed by atoms with Crippen molar-refractivity contribution in [3.63, 3.8) is 0 Å². The highest BCUT2D eigenvalue weighted by Crippen LogP contribution is 2.52. The molecule has 0 saturated carbocycles. The Morgan fingerprint density at radius 3 is 1.09 bits per heavy atom. The summed E-state index contributed by atoms with van der Waals surface area (Å²) in [5.74, 6) is 3.34. The molecule has 0 bridgehead atoms. The van der Waals surface area contributed by atoms with Gasteiger partial charge in [-0.1, -0.05) is 90.5 Å². The van der Waals surface area contributed by atoms with E-state index in [-0.39, 0.29) is 0 Å². The average molecular weight is 712 g/mol. The molecule has 0 spiro atoms. The number of pyridine rings is 1. The minimum atomic E-state index is 0.834. The Labute approximate surface area is 321 Å². The summed E-state index contributed by atoms with van der Waals surface area (Å²) in [7, 11) is 0. The second-order valence-corrected chi connectivity index (χ2v) is 14.2. The summed E-state index contributed by atoms with van der Waals surface area (Å²) < 4.78 is 12.5. The van der Waals surface area contributed by atoms with Crippen molar-refractivity contribution < 1.29 is 9.47 Å². The van der Waals surface area contributed by atoms with Gasteiger partial charge in [0.1, 0.15) is 0 Å². The number of nitrogens with zero attached hydrogens (tertiary/aromatic N) is 3. The van der Waals surface area contributed by atoms with Crippen LogP contribution in [0, 0.1) is 20.8 Å². The van der Waals surface area contributed by atoms with Gasteiger partial charge in [-0.3, -0.25) is 0 Å². The quantitative estimate of drug-likeness (QED) is 0.178. The van der Waals surface area contributed by atoms with E-state index in [0.29, 0.717) is 0 Å². The maximum absolute atomic E-state index is 6.27. The number of aromatic nitrogens is 1. The molecule has 0 atom stereocenters. The van der Waals surface area contributed by atoms with Crippen molar-refractivity contribution in [2.45, 2.75) is 20.8 Å². The predicted molar refractivity (Wildman–Crippen MR) is 224 cm³/mol. The Kier molecular flexibility index (Phi) is 7.74. The van der Waals surface area contributed by atoms with E-state index >= 15 is 0 Å². The summed E-state index contributed by atoms with van der Waals surface area (Å²) in [5, 5.41) is 0. The van der Waals surface area contributed by atoms with Gasteiger partial charge < -0.3 is 19.3 Å². The van der Waals surface area contributed by atoms with E-state index in [4.69, 9.17) is 14.5 Å². The van der Waals surface area contributed by atoms with Gasteiger partial charge in [0.2, 0.25) is 0 Å². The fourth-order valence-electron chi connectivity index (χ4n) is 8.13. The first-order valence-corrected chi connectivity index (χ1v) is 18.6. The van der Waals surface area contributed by atoms with Gasteiger partial charge in [-0.2, -0.15) is 0 Å². The van der Waals surface area contributed by atoms with Crippen molar-refractivity contribution in [1.82, 2.24) is 4.98 Å². The SMILES string of the molecule is Cc1cc(C)c(-c2cc(-c3ccc(N4c5ccccc5Oc5ccccc54)cc3)nc(-c3ccc(N4c5ccccc5Oc5ccccc54)cc3)c2)c(C)c1. The van der Waals surface area contributed by atoms with Crippen LogP contribution in [0.4, 0.5) is 34.1 Å². The van der Waals surface area contributed by atoms with Crippen LogP contribution in [0.1, 0.15) is 16.7 Å². The summed E-state index contributed by atoms with van der Waals surface area (Å²) in [6, 6.07) is 59.1. The maximum Gasteiger partial charge on any atom is 0.151 e. The van der Waals surface area contributed by atoms with Gasteiger partial charge in [0.25, 0.3) is 0 Å². The zero-order valence-electron chi connectivity index (χ0n) is 30.8. The van der Waals surface area contributed by atoms with Crippen LogP contribution >= 0.6 is 0 Å². The minimum Gasteiger partial charge on any atom is -0.453 e. The second-order valence-electron chi connectivity index (χ2n) is 14.2. The smallest absolute Gasteiger partial charge is 0.151 e. The Morgan fingerprint density at radius 2 is 0.727 bits per heavy atom. The van der Waals surface area contributed by atoms with Crippen molar-refractivity contribution in [1.29, 1.82) is 0 Å². The number of fused-ring (bicyclic) bond motifs is 4. The van der Waals surface area contributed by atoms with Crippen LogP contribution < -0.4 is 19.3 Å². The molecule has 55 heavy (non-hydrogen) atoms. The van der Waals surface area contributed by atoms with Gasteiger partial charge in [-0.05, 0) is 128 Å². The number of ether oxygens (including phenoxy) is 2. The van der Waals surface area contributed by atoms with E-state index in [1.807, 2.05) is 48.5 Å². The molecule has 0 saturated heterocycles. The molecule has 0 unspecified atom stereocenters. The largest absolute Gasteiger partial charge is 0.453 e. The lowest BCUT2D eigenvalue weighted by Gasteiger charge is -2.32. The van der Waals surface area contributed by atoms with Gasteiger partial charge in [-0.15, -0.1) is 0 Å². The van der Waals surface area contributed by atoms with E-state index in [0.717, 1.165) is 85.2 Å². The number of anilines is 6. The van der Waals surface area contributed by atoms with Crippen LogP contribution in [-0.2, 0) is 0 Å². The van der Waals surface area contributed by atoms with Crippen LogP contribution in [0.15, 0.2) is 170 Å². The second kappa shape index (κ2) is 13.1. The number of para-hydroxylation sites is 8. The Bertz CT molecular complexity index is 2480. The summed E-state index contributed by atoms with van der Waals surface area (Å²) in [6.07, 6.45) is 0. The van der Waals surface area contributed by atoms with Crippen molar-refractivity contribution in [2.75, 3.05) is 9.80 Å². The van der Waals surface area contributed by atoms with Crippen molar-refractivity contribution in [3.8, 4) is 56.6 Å². The molecule has 5 heteroatoms. The van der Waals surface area contributed by atoms with E-state index in [2.05, 4.69) is 152 Å².